The Morgan fingerprint density at radius 2 is 0.727 bits per heavy atom. The van der Waals surface area contributed by atoms with Gasteiger partial charge >= 0.3 is 0 Å². The molecule has 0 aliphatic rings. The predicted molar refractivity (Wildman–Crippen MR) is 44.7 cm³/mol. The van der Waals surface area contributed by atoms with Crippen LogP contribution in [0.1, 0.15) is 20.8 Å². The summed E-state index contributed by atoms with van der Waals surface area (Å²) in [6.45, 7) is 5.79. The van der Waals surface area contributed by atoms with Crippen LogP contribution in [-0.4, -0.2) is 35.1 Å². The summed E-state index contributed by atoms with van der Waals surface area (Å²) < 4.78 is 0. The molecule has 0 fully saturated rings. The zero-order valence-corrected chi connectivity index (χ0v) is 10.6. The van der Waals surface area contributed by atoms with Crippen LogP contribution in [0.25, 0.3) is 0 Å². The van der Waals surface area contributed by atoms with E-state index in [2.05, 4.69) is 0 Å². The minimum Gasteiger partial charge on any atom is -0.397 e. The molecular formula is C7H21O3Re-. The fourth-order valence-electron chi connectivity index (χ4n) is 0. The quantitative estimate of drug-likeness (QED) is 0.562. The molecule has 0 bridgehead atoms. The first-order valence-corrected chi connectivity index (χ1v) is 3.07. The largest absolute Gasteiger partial charge is 0.397 e. The summed E-state index contributed by atoms with van der Waals surface area (Å²) in [6.07, 6.45) is 0. The van der Waals surface area contributed by atoms with Gasteiger partial charge in [0.1, 0.15) is 0 Å². The number of rotatable bonds is 0. The fourth-order valence-corrected chi connectivity index (χ4v) is 0. The Kier molecular flexibility index (Phi) is 208. The van der Waals surface area contributed by atoms with Gasteiger partial charge in [-0.1, -0.05) is 0 Å². The van der Waals surface area contributed by atoms with E-state index < -0.39 is 0 Å². The van der Waals surface area contributed by atoms with E-state index in [-0.39, 0.29) is 47.7 Å². The van der Waals surface area contributed by atoms with Gasteiger partial charge in [0.05, 0.1) is 0 Å². The first-order valence-electron chi connectivity index (χ1n) is 3.07. The summed E-state index contributed by atoms with van der Waals surface area (Å²) in [5.74, 6) is 0. The fraction of sp³-hybridized carbons (Fsp3) is 0.857. The Bertz CT molecular complexity index is 18.4. The average Bonchev–Trinajstić information content (AvgIpc) is 1.70. The minimum absolute atomic E-state index is 0. The maximum Gasteiger partial charge on any atom is 0.0402 e. The van der Waals surface area contributed by atoms with Crippen LogP contribution >= 0.6 is 0 Å². The Labute approximate surface area is 84.1 Å². The van der Waals surface area contributed by atoms with Crippen LogP contribution in [0.3, 0.4) is 0 Å². The minimum atomic E-state index is 0. The van der Waals surface area contributed by atoms with Gasteiger partial charge in [-0.15, -0.1) is 0 Å². The number of aliphatic hydroxyl groups excluding tert-OH is 3. The van der Waals surface area contributed by atoms with E-state index in [1.54, 1.807) is 20.8 Å². The third-order valence-electron chi connectivity index (χ3n) is 0. The molecule has 11 heavy (non-hydrogen) atoms. The average molecular weight is 339 g/mol. The first kappa shape index (κ1) is 30.0. The Hall–Kier alpha value is 0.542. The molecule has 4 heteroatoms. The van der Waals surface area contributed by atoms with E-state index in [0.717, 1.165) is 0 Å². The third-order valence-corrected chi connectivity index (χ3v) is 0. The molecule has 0 saturated heterocycles. The second kappa shape index (κ2) is 76.5. The van der Waals surface area contributed by atoms with Crippen LogP contribution in [0, 0.1) is 7.43 Å². The van der Waals surface area contributed by atoms with Crippen molar-refractivity contribution in [3.8, 4) is 0 Å². The van der Waals surface area contributed by atoms with Crippen LogP contribution in [0.5, 0.6) is 0 Å². The van der Waals surface area contributed by atoms with Crippen molar-refractivity contribution < 1.29 is 35.7 Å². The summed E-state index contributed by atoms with van der Waals surface area (Å²) >= 11 is 0. The van der Waals surface area contributed by atoms with E-state index in [9.17, 15) is 0 Å². The summed E-state index contributed by atoms with van der Waals surface area (Å²) in [7, 11) is 0. The van der Waals surface area contributed by atoms with Crippen molar-refractivity contribution in [1.29, 1.82) is 0 Å². The maximum absolute atomic E-state index is 7.57. The molecule has 0 aromatic heterocycles. The van der Waals surface area contributed by atoms with Gasteiger partial charge in [-0.3, -0.25) is 0 Å². The summed E-state index contributed by atoms with van der Waals surface area (Å²) in [5.41, 5.74) is 0. The number of hydrogen-bond acceptors (Lipinski definition) is 3. The summed E-state index contributed by atoms with van der Waals surface area (Å²) in [6, 6.07) is 0. The molecule has 0 unspecified atom stereocenters. The van der Waals surface area contributed by atoms with E-state index in [0.29, 0.717) is 0 Å². The molecule has 1 radical (unpaired) electrons. The van der Waals surface area contributed by atoms with Gasteiger partial charge in [0, 0.05) is 40.2 Å². The summed E-state index contributed by atoms with van der Waals surface area (Å²) in [5, 5.41) is 22.7. The molecule has 0 heterocycles. The molecule has 0 spiro atoms. The Morgan fingerprint density at radius 1 is 0.727 bits per heavy atom. The summed E-state index contributed by atoms with van der Waals surface area (Å²) in [4.78, 5) is 0. The molecule has 75 valence electrons. The van der Waals surface area contributed by atoms with Crippen LogP contribution < -0.4 is 0 Å². The normalized spacial score (nSPS) is 4.91. The molecule has 3 N–H and O–H groups in total. The molecule has 0 amide bonds. The van der Waals surface area contributed by atoms with Crippen molar-refractivity contribution in [1.82, 2.24) is 0 Å². The molecule has 3 nitrogen and oxygen atoms in total. The van der Waals surface area contributed by atoms with Crippen LogP contribution in [-0.2, 0) is 20.4 Å². The zero-order chi connectivity index (χ0) is 8.12. The van der Waals surface area contributed by atoms with Gasteiger partial charge < -0.3 is 22.7 Å². The Morgan fingerprint density at radius 3 is 0.727 bits per heavy atom. The second-order valence-electron chi connectivity index (χ2n) is 0.949. The molecule has 0 atom stereocenters. The number of hydrogen-bond donors (Lipinski definition) is 3. The topological polar surface area (TPSA) is 60.7 Å². The molecule has 0 aromatic rings. The molecule has 0 rings (SSSR count). The van der Waals surface area contributed by atoms with Crippen molar-refractivity contribution in [2.75, 3.05) is 19.8 Å². The SMILES string of the molecule is CCO.CCO.CCO.[CH3-].[Re]. The van der Waals surface area contributed by atoms with E-state index in [1.807, 2.05) is 0 Å². The maximum atomic E-state index is 7.57. The smallest absolute Gasteiger partial charge is 0.0402 e. The molecule has 0 aliphatic heterocycles. The molecular weight excluding hydrogens is 318 g/mol. The van der Waals surface area contributed by atoms with Crippen LogP contribution in [0.15, 0.2) is 0 Å². The van der Waals surface area contributed by atoms with Crippen LogP contribution in [0.4, 0.5) is 0 Å². The zero-order valence-electron chi connectivity index (χ0n) is 7.84. The number of aliphatic hydroxyl groups is 3. The van der Waals surface area contributed by atoms with Crippen LogP contribution in [0.2, 0.25) is 0 Å². The van der Waals surface area contributed by atoms with Crippen molar-refractivity contribution in [2.24, 2.45) is 0 Å². The van der Waals surface area contributed by atoms with Gasteiger partial charge in [0.25, 0.3) is 0 Å². The molecule has 0 aromatic carbocycles. The van der Waals surface area contributed by atoms with E-state index in [4.69, 9.17) is 15.3 Å². The monoisotopic (exact) mass is 340 g/mol. The van der Waals surface area contributed by atoms with Crippen molar-refractivity contribution in [3.05, 3.63) is 7.43 Å². The first-order chi connectivity index (χ1) is 4.24. The molecule has 0 aliphatic carbocycles. The Balaban J connectivity index is -0.0000000150. The third kappa shape index (κ3) is 2620. The van der Waals surface area contributed by atoms with Crippen molar-refractivity contribution >= 4 is 0 Å². The van der Waals surface area contributed by atoms with Crippen molar-refractivity contribution in [3.63, 3.8) is 0 Å². The predicted octanol–water partition coefficient (Wildman–Crippen LogP) is 0.444. The standard InChI is InChI=1S/3C2H6O.CH3.Re/c3*1-2-3;;/h3*3H,2H2,1H3;1H3;/q;;;-1;. The van der Waals surface area contributed by atoms with Gasteiger partial charge in [-0.25, -0.2) is 0 Å². The van der Waals surface area contributed by atoms with Gasteiger partial charge in [-0.2, -0.15) is 0 Å². The van der Waals surface area contributed by atoms with Gasteiger partial charge in [0.15, 0.2) is 0 Å². The van der Waals surface area contributed by atoms with Gasteiger partial charge in [-0.05, 0) is 20.8 Å². The van der Waals surface area contributed by atoms with Gasteiger partial charge in [0.2, 0.25) is 0 Å². The van der Waals surface area contributed by atoms with Crippen molar-refractivity contribution in [2.45, 2.75) is 20.8 Å². The second-order valence-corrected chi connectivity index (χ2v) is 0.949. The van der Waals surface area contributed by atoms with E-state index >= 15 is 0 Å². The molecule has 0 saturated carbocycles. The van der Waals surface area contributed by atoms with E-state index in [1.165, 1.54) is 0 Å².